The summed E-state index contributed by atoms with van der Waals surface area (Å²) in [6, 6.07) is -1.17. The Kier molecular flexibility index (Phi) is 4.79. The number of rotatable bonds is 5. The molecule has 1 atom stereocenters. The maximum atomic E-state index is 12.6. The molecule has 0 fully saturated rings. The number of imidazole rings is 1. The summed E-state index contributed by atoms with van der Waals surface area (Å²) in [4.78, 5) is 34.1. The number of nitrogens with one attached hydrogen (secondary N) is 1. The summed E-state index contributed by atoms with van der Waals surface area (Å²) < 4.78 is 4.98. The number of aromatic nitrogens is 2. The summed E-state index contributed by atoms with van der Waals surface area (Å²) in [5.74, 6) is -1.01. The summed E-state index contributed by atoms with van der Waals surface area (Å²) >= 11 is 0. The number of fused-ring (bicyclic) bond motifs is 1. The van der Waals surface area contributed by atoms with Crippen molar-refractivity contribution in [2.45, 2.75) is 25.9 Å². The molecule has 1 aliphatic rings. The first-order valence-corrected chi connectivity index (χ1v) is 6.86. The van der Waals surface area contributed by atoms with Crippen molar-refractivity contribution < 1.29 is 19.4 Å². The summed E-state index contributed by atoms with van der Waals surface area (Å²) in [5.41, 5.74) is 1.51. The number of carbonyl (C=O) groups excluding carboxylic acids is 1. The van der Waals surface area contributed by atoms with Crippen LogP contribution in [0.4, 0.5) is 4.79 Å². The Hall–Kier alpha value is -2.09. The smallest absolute Gasteiger partial charge is 0.326 e. The van der Waals surface area contributed by atoms with Gasteiger partial charge in [-0.3, -0.25) is 0 Å². The molecule has 0 radical (unpaired) electrons. The first kappa shape index (κ1) is 15.3. The molecule has 1 aromatic rings. The second kappa shape index (κ2) is 6.57. The number of carbonyl (C=O) groups is 2. The van der Waals surface area contributed by atoms with E-state index in [1.165, 1.54) is 11.2 Å². The second-order valence-corrected chi connectivity index (χ2v) is 4.87. The van der Waals surface area contributed by atoms with Crippen LogP contribution in [0.1, 0.15) is 18.3 Å². The van der Waals surface area contributed by atoms with Gasteiger partial charge in [-0.1, -0.05) is 0 Å². The van der Waals surface area contributed by atoms with E-state index < -0.39 is 12.0 Å². The highest BCUT2D eigenvalue weighted by Gasteiger charge is 2.37. The van der Waals surface area contributed by atoms with E-state index in [1.54, 1.807) is 12.0 Å². The molecule has 0 aromatic carbocycles. The van der Waals surface area contributed by atoms with Gasteiger partial charge in [-0.15, -0.1) is 0 Å². The predicted molar refractivity (Wildman–Crippen MR) is 73.8 cm³/mol. The van der Waals surface area contributed by atoms with Gasteiger partial charge in [-0.2, -0.15) is 0 Å². The number of hydrogen-bond donors (Lipinski definition) is 2. The fourth-order valence-electron chi connectivity index (χ4n) is 2.43. The van der Waals surface area contributed by atoms with E-state index in [1.807, 2.05) is 6.92 Å². The maximum Gasteiger partial charge on any atom is 0.326 e. The molecular formula is C13H20N4O4. The van der Waals surface area contributed by atoms with E-state index in [0.29, 0.717) is 25.4 Å². The molecule has 1 aromatic heterocycles. The van der Waals surface area contributed by atoms with Gasteiger partial charge in [0, 0.05) is 26.6 Å². The van der Waals surface area contributed by atoms with Gasteiger partial charge in [0.1, 0.15) is 6.04 Å². The van der Waals surface area contributed by atoms with Crippen molar-refractivity contribution in [3.63, 3.8) is 0 Å². The topological polar surface area (TPSA) is 98.8 Å². The number of hydrogen-bond acceptors (Lipinski definition) is 4. The molecule has 2 N–H and O–H groups in total. The Labute approximate surface area is 122 Å². The summed E-state index contributed by atoms with van der Waals surface area (Å²) in [7, 11) is 1.57. The normalized spacial score (nSPS) is 17.4. The lowest BCUT2D eigenvalue weighted by Gasteiger charge is -2.36. The van der Waals surface area contributed by atoms with Gasteiger partial charge in [-0.25, -0.2) is 14.6 Å². The molecule has 0 saturated carbocycles. The predicted octanol–water partition coefficient (Wildman–Crippen LogP) is 0.309. The molecule has 21 heavy (non-hydrogen) atoms. The third kappa shape index (κ3) is 3.15. The number of carboxylic acid groups (broad SMARTS) is 1. The number of methoxy groups -OCH3 is 1. The molecule has 8 nitrogen and oxygen atoms in total. The van der Waals surface area contributed by atoms with E-state index in [2.05, 4.69) is 9.97 Å². The number of ether oxygens (including phenoxy) is 1. The average Bonchev–Trinajstić information content (AvgIpc) is 2.93. The van der Waals surface area contributed by atoms with Crippen molar-refractivity contribution >= 4 is 12.0 Å². The van der Waals surface area contributed by atoms with E-state index in [4.69, 9.17) is 4.74 Å². The number of nitrogens with zero attached hydrogens (tertiary/aromatic N) is 3. The number of aliphatic carboxylic acids is 1. The van der Waals surface area contributed by atoms with Gasteiger partial charge in [0.25, 0.3) is 0 Å². The van der Waals surface area contributed by atoms with Gasteiger partial charge in [-0.05, 0) is 6.92 Å². The Morgan fingerprint density at radius 1 is 1.62 bits per heavy atom. The highest BCUT2D eigenvalue weighted by Crippen LogP contribution is 2.22. The number of aromatic amines is 1. The minimum absolute atomic E-state index is 0.224. The van der Waals surface area contributed by atoms with Crippen LogP contribution < -0.4 is 0 Å². The van der Waals surface area contributed by atoms with Crippen LogP contribution in [-0.2, 0) is 22.5 Å². The number of carboxylic acids is 1. The molecule has 1 aliphatic heterocycles. The Morgan fingerprint density at radius 3 is 3.00 bits per heavy atom. The molecule has 1 unspecified atom stereocenters. The largest absolute Gasteiger partial charge is 0.480 e. The van der Waals surface area contributed by atoms with Crippen molar-refractivity contribution in [1.29, 1.82) is 0 Å². The summed E-state index contributed by atoms with van der Waals surface area (Å²) in [6.45, 7) is 3.44. The number of amides is 2. The third-order valence-corrected chi connectivity index (χ3v) is 3.65. The van der Waals surface area contributed by atoms with Gasteiger partial charge >= 0.3 is 12.0 Å². The molecule has 0 spiro atoms. The third-order valence-electron chi connectivity index (χ3n) is 3.65. The Balaban J connectivity index is 2.19. The fourth-order valence-corrected chi connectivity index (χ4v) is 2.43. The van der Waals surface area contributed by atoms with Gasteiger partial charge in [0.15, 0.2) is 0 Å². The zero-order valence-corrected chi connectivity index (χ0v) is 12.2. The van der Waals surface area contributed by atoms with Gasteiger partial charge in [0.2, 0.25) is 0 Å². The van der Waals surface area contributed by atoms with Crippen LogP contribution in [0.3, 0.4) is 0 Å². The number of likely N-dealkylation sites (N-methyl/N-ethyl adjacent to an activating group) is 1. The second-order valence-electron chi connectivity index (χ2n) is 4.87. The standard InChI is InChI=1S/C13H20N4O4/c1-3-16(4-5-21-2)13(20)17-7-10-9(14-8-15-10)6-11(17)12(18)19/h8,11H,3-7H2,1-2H3,(H,14,15)(H,18,19). The monoisotopic (exact) mass is 296 g/mol. The van der Waals surface area contributed by atoms with E-state index in [0.717, 1.165) is 5.69 Å². The van der Waals surface area contributed by atoms with Crippen molar-refractivity contribution in [2.24, 2.45) is 0 Å². The molecular weight excluding hydrogens is 276 g/mol. The minimum Gasteiger partial charge on any atom is -0.480 e. The molecule has 116 valence electrons. The quantitative estimate of drug-likeness (QED) is 0.814. The van der Waals surface area contributed by atoms with Crippen LogP contribution in [0.5, 0.6) is 0 Å². The Morgan fingerprint density at radius 2 is 2.38 bits per heavy atom. The molecule has 2 heterocycles. The highest BCUT2D eigenvalue weighted by molar-refractivity contribution is 5.83. The van der Waals surface area contributed by atoms with Crippen molar-refractivity contribution in [3.05, 3.63) is 17.7 Å². The highest BCUT2D eigenvalue weighted by atomic mass is 16.5. The Bertz CT molecular complexity index is 516. The van der Waals surface area contributed by atoms with Crippen molar-refractivity contribution in [1.82, 2.24) is 19.8 Å². The minimum atomic E-state index is -1.01. The molecule has 0 saturated heterocycles. The SMILES string of the molecule is CCN(CCOC)C(=O)N1Cc2[nH]cnc2CC1C(=O)O. The zero-order chi connectivity index (χ0) is 15.4. The van der Waals surface area contributed by atoms with Crippen LogP contribution in [0, 0.1) is 0 Å². The molecule has 2 rings (SSSR count). The summed E-state index contributed by atoms with van der Waals surface area (Å²) in [6.07, 6.45) is 1.75. The lowest BCUT2D eigenvalue weighted by Crippen LogP contribution is -2.54. The number of urea groups is 1. The van der Waals surface area contributed by atoms with Crippen LogP contribution in [-0.4, -0.2) is 69.7 Å². The molecule has 0 bridgehead atoms. The lowest BCUT2D eigenvalue weighted by atomic mass is 10.0. The molecule has 8 heteroatoms. The first-order valence-electron chi connectivity index (χ1n) is 6.86. The van der Waals surface area contributed by atoms with Gasteiger partial charge in [0.05, 0.1) is 30.9 Å². The van der Waals surface area contributed by atoms with E-state index >= 15 is 0 Å². The van der Waals surface area contributed by atoms with Crippen LogP contribution in [0.15, 0.2) is 6.33 Å². The molecule has 0 aliphatic carbocycles. The van der Waals surface area contributed by atoms with Crippen LogP contribution >= 0.6 is 0 Å². The zero-order valence-electron chi connectivity index (χ0n) is 12.2. The fraction of sp³-hybridized carbons (Fsp3) is 0.615. The van der Waals surface area contributed by atoms with Crippen LogP contribution in [0.2, 0.25) is 0 Å². The number of H-pyrrole nitrogens is 1. The van der Waals surface area contributed by atoms with Crippen molar-refractivity contribution in [3.8, 4) is 0 Å². The lowest BCUT2D eigenvalue weighted by molar-refractivity contribution is -0.143. The van der Waals surface area contributed by atoms with Crippen molar-refractivity contribution in [2.75, 3.05) is 26.8 Å². The average molecular weight is 296 g/mol. The summed E-state index contributed by atoms with van der Waals surface area (Å²) in [5, 5.41) is 9.38. The molecule has 2 amide bonds. The van der Waals surface area contributed by atoms with E-state index in [9.17, 15) is 14.7 Å². The maximum absolute atomic E-state index is 12.6. The first-order chi connectivity index (χ1) is 10.1. The van der Waals surface area contributed by atoms with Gasteiger partial charge < -0.3 is 24.6 Å². The van der Waals surface area contributed by atoms with E-state index in [-0.39, 0.29) is 19.0 Å². The van der Waals surface area contributed by atoms with Crippen LogP contribution in [0.25, 0.3) is 0 Å².